The zero-order valence-corrected chi connectivity index (χ0v) is 8.58. The molecule has 0 amide bonds. The minimum Gasteiger partial charge on any atom is -0.466 e. The Kier molecular flexibility index (Phi) is 12.5. The number of hydrogen-bond acceptors (Lipinski definition) is 5. The van der Waals surface area contributed by atoms with E-state index in [-0.39, 0.29) is 24.8 Å². The summed E-state index contributed by atoms with van der Waals surface area (Å²) < 4.78 is 9.25. The van der Waals surface area contributed by atoms with Gasteiger partial charge < -0.3 is 14.3 Å². The van der Waals surface area contributed by atoms with E-state index >= 15 is 0 Å². The smallest absolute Gasteiger partial charge is 0.306 e. The van der Waals surface area contributed by atoms with Gasteiger partial charge in [-0.2, -0.15) is 0 Å². The van der Waals surface area contributed by atoms with Gasteiger partial charge >= 0.3 is 11.9 Å². The van der Waals surface area contributed by atoms with Gasteiger partial charge in [-0.15, -0.1) is 0 Å². The summed E-state index contributed by atoms with van der Waals surface area (Å²) in [5.74, 6) is -0.712. The average molecular weight is 204 g/mol. The van der Waals surface area contributed by atoms with Gasteiger partial charge in [-0.3, -0.25) is 9.59 Å². The van der Waals surface area contributed by atoms with Crippen molar-refractivity contribution >= 4 is 18.7 Å². The number of carbonyl (C=O) groups excluding carboxylic acids is 3. The molecule has 0 atom stereocenters. The van der Waals surface area contributed by atoms with Crippen molar-refractivity contribution < 1.29 is 23.9 Å². The first kappa shape index (κ1) is 15.1. The molecule has 5 nitrogen and oxygen atoms in total. The lowest BCUT2D eigenvalue weighted by atomic mass is 10.3. The summed E-state index contributed by atoms with van der Waals surface area (Å²) in [6.07, 6.45) is 0.208. The standard InChI is InChI=1S/C8H14O4.CH2O/c1-3-11-7(9)5-6-8(10)12-4-2;1-2/h3-6H2,1-2H3;1H2. The number of carbonyl (C=O) groups is 3. The van der Waals surface area contributed by atoms with E-state index in [4.69, 9.17) is 4.79 Å². The van der Waals surface area contributed by atoms with Crippen LogP contribution >= 0.6 is 0 Å². The molecule has 0 spiro atoms. The fraction of sp³-hybridized carbons (Fsp3) is 0.667. The lowest BCUT2D eigenvalue weighted by Gasteiger charge is -2.01. The van der Waals surface area contributed by atoms with Crippen LogP contribution in [-0.2, 0) is 23.9 Å². The van der Waals surface area contributed by atoms with Gasteiger partial charge in [-0.1, -0.05) is 0 Å². The van der Waals surface area contributed by atoms with E-state index in [2.05, 4.69) is 9.47 Å². The summed E-state index contributed by atoms with van der Waals surface area (Å²) in [4.78, 5) is 29.4. The Morgan fingerprint density at radius 1 is 0.929 bits per heavy atom. The van der Waals surface area contributed by atoms with Gasteiger partial charge in [-0.25, -0.2) is 0 Å². The second-order valence-electron chi connectivity index (χ2n) is 2.11. The Balaban J connectivity index is 0. The molecule has 0 aliphatic heterocycles. The van der Waals surface area contributed by atoms with Crippen molar-refractivity contribution in [3.8, 4) is 0 Å². The Bertz CT molecular complexity index is 149. The van der Waals surface area contributed by atoms with E-state index in [0.717, 1.165) is 0 Å². The number of rotatable bonds is 5. The van der Waals surface area contributed by atoms with Crippen LogP contribution in [0, 0.1) is 0 Å². The van der Waals surface area contributed by atoms with Gasteiger partial charge in [-0.05, 0) is 13.8 Å². The van der Waals surface area contributed by atoms with Crippen molar-refractivity contribution in [3.63, 3.8) is 0 Å². The molecule has 0 aromatic carbocycles. The minimum atomic E-state index is -0.356. The van der Waals surface area contributed by atoms with Crippen LogP contribution < -0.4 is 0 Å². The molecule has 0 aliphatic carbocycles. The molecule has 0 radical (unpaired) electrons. The van der Waals surface area contributed by atoms with Crippen molar-refractivity contribution in [1.82, 2.24) is 0 Å². The summed E-state index contributed by atoms with van der Waals surface area (Å²) in [6, 6.07) is 0. The third-order valence-corrected chi connectivity index (χ3v) is 1.14. The van der Waals surface area contributed by atoms with Gasteiger partial charge in [0.25, 0.3) is 0 Å². The molecule has 0 aromatic rings. The lowest BCUT2D eigenvalue weighted by molar-refractivity contribution is -0.149. The average Bonchev–Trinajstić information content (AvgIpc) is 2.19. The van der Waals surface area contributed by atoms with Crippen LogP contribution in [0.5, 0.6) is 0 Å². The van der Waals surface area contributed by atoms with Gasteiger partial charge in [0.2, 0.25) is 0 Å². The molecular formula is C9H16O5. The number of esters is 2. The summed E-state index contributed by atoms with van der Waals surface area (Å²) in [5.41, 5.74) is 0. The van der Waals surface area contributed by atoms with Crippen LogP contribution in [-0.4, -0.2) is 31.9 Å². The maximum Gasteiger partial charge on any atom is 0.306 e. The second-order valence-corrected chi connectivity index (χ2v) is 2.11. The SMILES string of the molecule is C=O.CCOC(=O)CCC(=O)OCC. The van der Waals surface area contributed by atoms with Crippen LogP contribution in [0.2, 0.25) is 0 Å². The van der Waals surface area contributed by atoms with E-state index in [0.29, 0.717) is 13.2 Å². The van der Waals surface area contributed by atoms with E-state index in [9.17, 15) is 9.59 Å². The summed E-state index contributed by atoms with van der Waals surface area (Å²) in [6.45, 7) is 6.15. The second kappa shape index (κ2) is 11.6. The molecule has 0 bridgehead atoms. The first-order chi connectivity index (χ1) is 6.70. The van der Waals surface area contributed by atoms with Gasteiger partial charge in [0.15, 0.2) is 0 Å². The highest BCUT2D eigenvalue weighted by molar-refractivity contribution is 5.77. The summed E-state index contributed by atoms with van der Waals surface area (Å²) >= 11 is 0. The molecular weight excluding hydrogens is 188 g/mol. The van der Waals surface area contributed by atoms with Crippen molar-refractivity contribution in [1.29, 1.82) is 0 Å². The highest BCUT2D eigenvalue weighted by atomic mass is 16.5. The zero-order valence-electron chi connectivity index (χ0n) is 8.58. The maximum atomic E-state index is 10.7. The molecule has 0 heterocycles. The summed E-state index contributed by atoms with van der Waals surface area (Å²) in [7, 11) is 0. The van der Waals surface area contributed by atoms with E-state index in [1.807, 2.05) is 6.79 Å². The molecule has 0 rings (SSSR count). The lowest BCUT2D eigenvalue weighted by Crippen LogP contribution is -2.09. The van der Waals surface area contributed by atoms with Crippen LogP contribution in [0.15, 0.2) is 0 Å². The predicted molar refractivity (Wildman–Crippen MR) is 49.6 cm³/mol. The van der Waals surface area contributed by atoms with Gasteiger partial charge in [0.1, 0.15) is 6.79 Å². The molecule has 0 aliphatic rings. The highest BCUT2D eigenvalue weighted by Gasteiger charge is 2.06. The molecule has 0 N–H and O–H groups in total. The van der Waals surface area contributed by atoms with Crippen molar-refractivity contribution in [2.75, 3.05) is 13.2 Å². The Hall–Kier alpha value is -1.39. The number of hydrogen-bond donors (Lipinski definition) is 0. The quantitative estimate of drug-likeness (QED) is 0.617. The molecule has 82 valence electrons. The third-order valence-electron chi connectivity index (χ3n) is 1.14. The zero-order chi connectivity index (χ0) is 11.4. The van der Waals surface area contributed by atoms with Crippen LogP contribution in [0.3, 0.4) is 0 Å². The van der Waals surface area contributed by atoms with Gasteiger partial charge in [0.05, 0.1) is 26.1 Å². The largest absolute Gasteiger partial charge is 0.466 e. The van der Waals surface area contributed by atoms with Crippen molar-refractivity contribution in [3.05, 3.63) is 0 Å². The van der Waals surface area contributed by atoms with Crippen LogP contribution in [0.25, 0.3) is 0 Å². The van der Waals surface area contributed by atoms with Crippen LogP contribution in [0.1, 0.15) is 26.7 Å². The van der Waals surface area contributed by atoms with E-state index in [1.54, 1.807) is 13.8 Å². The molecule has 14 heavy (non-hydrogen) atoms. The molecule has 0 saturated heterocycles. The maximum absolute atomic E-state index is 10.7. The Morgan fingerprint density at radius 2 is 1.21 bits per heavy atom. The van der Waals surface area contributed by atoms with E-state index < -0.39 is 0 Å². The Labute approximate surface area is 83.4 Å². The monoisotopic (exact) mass is 204 g/mol. The molecule has 5 heteroatoms. The predicted octanol–water partition coefficient (Wildman–Crippen LogP) is 0.708. The van der Waals surface area contributed by atoms with Crippen molar-refractivity contribution in [2.24, 2.45) is 0 Å². The molecule has 0 saturated carbocycles. The molecule has 0 aromatic heterocycles. The fourth-order valence-corrected chi connectivity index (χ4v) is 0.670. The summed E-state index contributed by atoms with van der Waals surface area (Å²) in [5, 5.41) is 0. The number of ether oxygens (including phenoxy) is 2. The fourth-order valence-electron chi connectivity index (χ4n) is 0.670. The van der Waals surface area contributed by atoms with Gasteiger partial charge in [0, 0.05) is 0 Å². The topological polar surface area (TPSA) is 69.7 Å². The van der Waals surface area contributed by atoms with E-state index in [1.165, 1.54) is 0 Å². The van der Waals surface area contributed by atoms with Crippen molar-refractivity contribution in [2.45, 2.75) is 26.7 Å². The minimum absolute atomic E-state index is 0.104. The highest BCUT2D eigenvalue weighted by Crippen LogP contribution is 1.95. The first-order valence-electron chi connectivity index (χ1n) is 4.30. The molecule has 0 unspecified atom stereocenters. The first-order valence-corrected chi connectivity index (χ1v) is 4.30. The third kappa shape index (κ3) is 10.6. The Morgan fingerprint density at radius 3 is 1.43 bits per heavy atom. The van der Waals surface area contributed by atoms with Crippen LogP contribution in [0.4, 0.5) is 0 Å². The normalized spacial score (nSPS) is 8.14. The molecule has 0 fully saturated rings.